The van der Waals surface area contributed by atoms with Crippen molar-refractivity contribution in [1.82, 2.24) is 9.88 Å². The second kappa shape index (κ2) is 8.71. The standard InChI is InChI=1S/C21H19N3O7S2/c1-29-15-9-12(10-16(30-2)19(15)31-3)23-33(27,28)17-7-6-13(32-17)11-24-20(25)14-5-4-8-22-18(14)21(24)26/h4-10,23H,11H2,1-3H3. The van der Waals surface area contributed by atoms with Gasteiger partial charge in [-0.15, -0.1) is 11.3 Å². The number of carbonyl (C=O) groups is 2. The largest absolute Gasteiger partial charge is 0.493 e. The Balaban J connectivity index is 1.55. The summed E-state index contributed by atoms with van der Waals surface area (Å²) in [5.74, 6) is -0.0569. The van der Waals surface area contributed by atoms with Crippen LogP contribution in [0.3, 0.4) is 0 Å². The quantitative estimate of drug-likeness (QED) is 0.479. The summed E-state index contributed by atoms with van der Waals surface area (Å²) in [5, 5.41) is 0. The van der Waals surface area contributed by atoms with E-state index in [4.69, 9.17) is 14.2 Å². The van der Waals surface area contributed by atoms with Gasteiger partial charge in [0.15, 0.2) is 11.5 Å². The lowest BCUT2D eigenvalue weighted by molar-refractivity contribution is 0.0642. The van der Waals surface area contributed by atoms with Crippen molar-refractivity contribution < 1.29 is 32.2 Å². The summed E-state index contributed by atoms with van der Waals surface area (Å²) >= 11 is 0.952. The van der Waals surface area contributed by atoms with E-state index in [1.54, 1.807) is 12.1 Å². The first-order valence-electron chi connectivity index (χ1n) is 9.51. The summed E-state index contributed by atoms with van der Waals surface area (Å²) in [6.45, 7) is -0.0571. The van der Waals surface area contributed by atoms with Gasteiger partial charge in [-0.3, -0.25) is 24.2 Å². The van der Waals surface area contributed by atoms with Crippen LogP contribution in [0, 0.1) is 0 Å². The van der Waals surface area contributed by atoms with Gasteiger partial charge in [0.1, 0.15) is 9.90 Å². The van der Waals surface area contributed by atoms with Crippen LogP contribution in [0.25, 0.3) is 0 Å². The van der Waals surface area contributed by atoms with E-state index in [0.29, 0.717) is 22.1 Å². The van der Waals surface area contributed by atoms with Gasteiger partial charge in [0.05, 0.1) is 39.1 Å². The Morgan fingerprint density at radius 3 is 2.30 bits per heavy atom. The molecule has 33 heavy (non-hydrogen) atoms. The van der Waals surface area contributed by atoms with E-state index in [9.17, 15) is 18.0 Å². The van der Waals surface area contributed by atoms with Gasteiger partial charge in [-0.05, 0) is 24.3 Å². The highest BCUT2D eigenvalue weighted by atomic mass is 32.2. The maximum atomic E-state index is 12.9. The molecule has 1 aliphatic rings. The molecule has 12 heteroatoms. The molecule has 0 atom stereocenters. The van der Waals surface area contributed by atoms with E-state index in [0.717, 1.165) is 16.2 Å². The van der Waals surface area contributed by atoms with Crippen molar-refractivity contribution in [3.8, 4) is 17.2 Å². The lowest BCUT2D eigenvalue weighted by Crippen LogP contribution is -2.28. The van der Waals surface area contributed by atoms with Crippen LogP contribution in [-0.4, -0.2) is 51.4 Å². The molecule has 1 N–H and O–H groups in total. The predicted octanol–water partition coefficient (Wildman–Crippen LogP) is 2.77. The minimum atomic E-state index is -3.96. The molecule has 2 aromatic heterocycles. The number of nitrogens with one attached hydrogen (secondary N) is 1. The fraction of sp³-hybridized carbons (Fsp3) is 0.190. The van der Waals surface area contributed by atoms with Crippen molar-refractivity contribution >= 4 is 38.9 Å². The number of hydrogen-bond donors (Lipinski definition) is 1. The Morgan fingerprint density at radius 2 is 1.70 bits per heavy atom. The topological polar surface area (TPSA) is 124 Å². The number of pyridine rings is 1. The number of anilines is 1. The summed E-state index contributed by atoms with van der Waals surface area (Å²) in [6, 6.07) is 9.03. The van der Waals surface area contributed by atoms with E-state index in [1.165, 1.54) is 51.8 Å². The number of benzene rings is 1. The molecule has 172 valence electrons. The molecular formula is C21H19N3O7S2. The fourth-order valence-corrected chi connectivity index (χ4v) is 5.73. The lowest BCUT2D eigenvalue weighted by atomic mass is 10.2. The van der Waals surface area contributed by atoms with Gasteiger partial charge in [0.25, 0.3) is 21.8 Å². The SMILES string of the molecule is COc1cc(NS(=O)(=O)c2ccc(CN3C(=O)c4cccnc4C3=O)s2)cc(OC)c1OC. The molecule has 1 aromatic carbocycles. The molecule has 0 spiro atoms. The third kappa shape index (κ3) is 4.10. The molecule has 0 saturated carbocycles. The summed E-state index contributed by atoms with van der Waals surface area (Å²) in [6.07, 6.45) is 1.44. The normalized spacial score (nSPS) is 13.1. The van der Waals surface area contributed by atoms with Crippen LogP contribution in [0.1, 0.15) is 25.7 Å². The van der Waals surface area contributed by atoms with Crippen LogP contribution < -0.4 is 18.9 Å². The molecule has 3 aromatic rings. The number of ether oxygens (including phenoxy) is 3. The number of amides is 2. The van der Waals surface area contributed by atoms with Gasteiger partial charge < -0.3 is 14.2 Å². The number of carbonyl (C=O) groups excluding carboxylic acids is 2. The van der Waals surface area contributed by atoms with E-state index >= 15 is 0 Å². The summed E-state index contributed by atoms with van der Waals surface area (Å²) in [4.78, 5) is 30.6. The van der Waals surface area contributed by atoms with Gasteiger partial charge >= 0.3 is 0 Å². The van der Waals surface area contributed by atoms with Gasteiger partial charge in [-0.2, -0.15) is 0 Å². The van der Waals surface area contributed by atoms with Gasteiger partial charge in [-0.1, -0.05) is 0 Å². The maximum absolute atomic E-state index is 12.9. The molecule has 2 amide bonds. The Kier molecular flexibility index (Phi) is 5.95. The monoisotopic (exact) mass is 489 g/mol. The third-order valence-corrected chi connectivity index (χ3v) is 7.81. The second-order valence-electron chi connectivity index (χ2n) is 6.84. The van der Waals surface area contributed by atoms with E-state index in [-0.39, 0.29) is 27.7 Å². The smallest absolute Gasteiger partial charge is 0.280 e. The third-order valence-electron chi connectivity index (χ3n) is 4.86. The van der Waals surface area contributed by atoms with Crippen LogP contribution in [0.5, 0.6) is 17.2 Å². The Bertz CT molecular complexity index is 1290. The first-order valence-corrected chi connectivity index (χ1v) is 11.8. The summed E-state index contributed by atoms with van der Waals surface area (Å²) in [5.41, 5.74) is 0.540. The Hall–Kier alpha value is -3.64. The van der Waals surface area contributed by atoms with Crippen molar-refractivity contribution in [2.75, 3.05) is 26.1 Å². The number of thiophene rings is 1. The van der Waals surface area contributed by atoms with Crippen molar-refractivity contribution in [1.29, 1.82) is 0 Å². The van der Waals surface area contributed by atoms with E-state index in [1.807, 2.05) is 0 Å². The van der Waals surface area contributed by atoms with Crippen molar-refractivity contribution in [2.24, 2.45) is 0 Å². The average molecular weight is 490 g/mol. The molecule has 0 unspecified atom stereocenters. The summed E-state index contributed by atoms with van der Waals surface area (Å²) < 4.78 is 44.1. The minimum Gasteiger partial charge on any atom is -0.493 e. The van der Waals surface area contributed by atoms with Crippen molar-refractivity contribution in [2.45, 2.75) is 10.8 Å². The number of imide groups is 1. The highest BCUT2D eigenvalue weighted by Gasteiger charge is 2.37. The molecule has 0 aliphatic carbocycles. The van der Waals surface area contributed by atoms with Crippen LogP contribution in [0.15, 0.2) is 46.8 Å². The number of sulfonamides is 1. The molecule has 4 rings (SSSR count). The number of aromatic nitrogens is 1. The highest BCUT2D eigenvalue weighted by Crippen LogP contribution is 2.40. The minimum absolute atomic E-state index is 0.0148. The number of fused-ring (bicyclic) bond motifs is 1. The Labute approximate surface area is 193 Å². The number of rotatable bonds is 8. The molecule has 0 saturated heterocycles. The molecule has 10 nitrogen and oxygen atoms in total. The molecular weight excluding hydrogens is 470 g/mol. The maximum Gasteiger partial charge on any atom is 0.280 e. The van der Waals surface area contributed by atoms with Crippen LogP contribution in [0.2, 0.25) is 0 Å². The first kappa shape index (κ1) is 22.6. The zero-order valence-corrected chi connectivity index (χ0v) is 19.5. The number of nitrogens with zero attached hydrogens (tertiary/aromatic N) is 2. The zero-order valence-electron chi connectivity index (χ0n) is 17.8. The van der Waals surface area contributed by atoms with Crippen LogP contribution >= 0.6 is 11.3 Å². The molecule has 0 radical (unpaired) electrons. The molecule has 0 bridgehead atoms. The highest BCUT2D eigenvalue weighted by molar-refractivity contribution is 7.94. The predicted molar refractivity (Wildman–Crippen MR) is 120 cm³/mol. The summed E-state index contributed by atoms with van der Waals surface area (Å²) in [7, 11) is 0.339. The van der Waals surface area contributed by atoms with Gasteiger partial charge in [-0.25, -0.2) is 8.42 Å². The molecule has 1 aliphatic heterocycles. The zero-order chi connectivity index (χ0) is 23.8. The van der Waals surface area contributed by atoms with Crippen molar-refractivity contribution in [3.63, 3.8) is 0 Å². The average Bonchev–Trinajstić information content (AvgIpc) is 3.38. The fourth-order valence-electron chi connectivity index (χ4n) is 3.35. The lowest BCUT2D eigenvalue weighted by Gasteiger charge is -2.15. The number of hydrogen-bond acceptors (Lipinski definition) is 9. The molecule has 0 fully saturated rings. The van der Waals surface area contributed by atoms with Gasteiger partial charge in [0, 0.05) is 23.2 Å². The van der Waals surface area contributed by atoms with Crippen LogP contribution in [-0.2, 0) is 16.6 Å². The Morgan fingerprint density at radius 1 is 1.00 bits per heavy atom. The second-order valence-corrected chi connectivity index (χ2v) is 9.91. The van der Waals surface area contributed by atoms with Gasteiger partial charge in [0.2, 0.25) is 5.75 Å². The van der Waals surface area contributed by atoms with E-state index in [2.05, 4.69) is 9.71 Å². The van der Waals surface area contributed by atoms with Crippen LogP contribution in [0.4, 0.5) is 5.69 Å². The first-order chi connectivity index (χ1) is 15.8. The number of methoxy groups -OCH3 is 3. The van der Waals surface area contributed by atoms with Crippen molar-refractivity contribution in [3.05, 3.63) is 58.7 Å². The molecule has 3 heterocycles. The van der Waals surface area contributed by atoms with E-state index < -0.39 is 21.8 Å².